The molecule has 7 heteroatoms. The fourth-order valence-electron chi connectivity index (χ4n) is 2.10. The van der Waals surface area contributed by atoms with Crippen LogP contribution in [0.1, 0.15) is 11.3 Å². The third-order valence-electron chi connectivity index (χ3n) is 3.45. The molecule has 0 fully saturated rings. The Kier molecular flexibility index (Phi) is 6.87. The first-order valence-electron chi connectivity index (χ1n) is 7.81. The minimum atomic E-state index is 0.659. The summed E-state index contributed by atoms with van der Waals surface area (Å²) in [6.45, 7) is 1.47. The van der Waals surface area contributed by atoms with Gasteiger partial charge in [0.15, 0.2) is 11.1 Å². The van der Waals surface area contributed by atoms with Crippen molar-refractivity contribution < 1.29 is 4.74 Å². The van der Waals surface area contributed by atoms with Crippen LogP contribution in [0.15, 0.2) is 34.6 Å². The van der Waals surface area contributed by atoms with Gasteiger partial charge in [-0.3, -0.25) is 4.99 Å². The number of nitrogens with one attached hydrogen (secondary N) is 2. The Balaban J connectivity index is 1.75. The monoisotopic (exact) mass is 347 g/mol. The lowest BCUT2D eigenvalue weighted by atomic mass is 10.1. The lowest BCUT2D eigenvalue weighted by Crippen LogP contribution is -2.37. The summed E-state index contributed by atoms with van der Waals surface area (Å²) in [7, 11) is 7.44. The topological polar surface area (TPSA) is 61.8 Å². The molecule has 24 heavy (non-hydrogen) atoms. The summed E-state index contributed by atoms with van der Waals surface area (Å²) in [5.74, 6) is 1.66. The Morgan fingerprint density at radius 1 is 1.25 bits per heavy atom. The molecule has 0 aliphatic rings. The number of hydrogen-bond acceptors (Lipinski definition) is 5. The van der Waals surface area contributed by atoms with Crippen LogP contribution in [-0.4, -0.2) is 45.7 Å². The van der Waals surface area contributed by atoms with Crippen LogP contribution in [-0.2, 0) is 13.0 Å². The zero-order chi connectivity index (χ0) is 17.4. The Bertz CT molecular complexity index is 651. The number of thiazole rings is 1. The first kappa shape index (κ1) is 18.1. The van der Waals surface area contributed by atoms with Gasteiger partial charge in [-0.1, -0.05) is 12.1 Å². The number of anilines is 1. The number of rotatable bonds is 7. The Morgan fingerprint density at radius 3 is 2.58 bits per heavy atom. The summed E-state index contributed by atoms with van der Waals surface area (Å²) < 4.78 is 5.17. The molecule has 2 aromatic rings. The average Bonchev–Trinajstić information content (AvgIpc) is 3.08. The van der Waals surface area contributed by atoms with Crippen LogP contribution >= 0.6 is 11.3 Å². The molecule has 2 N–H and O–H groups in total. The van der Waals surface area contributed by atoms with Crippen molar-refractivity contribution in [1.29, 1.82) is 0 Å². The van der Waals surface area contributed by atoms with Crippen LogP contribution < -0.4 is 20.3 Å². The van der Waals surface area contributed by atoms with Gasteiger partial charge in [-0.15, -0.1) is 11.3 Å². The predicted molar refractivity (Wildman–Crippen MR) is 101 cm³/mol. The Morgan fingerprint density at radius 2 is 2.00 bits per heavy atom. The summed E-state index contributed by atoms with van der Waals surface area (Å²) in [5, 5.41) is 9.68. The highest BCUT2D eigenvalue weighted by molar-refractivity contribution is 7.13. The van der Waals surface area contributed by atoms with E-state index >= 15 is 0 Å². The molecule has 0 radical (unpaired) electrons. The molecule has 130 valence electrons. The molecular formula is C17H25N5OS. The molecule has 0 atom stereocenters. The molecule has 6 nitrogen and oxygen atoms in total. The Labute approximate surface area is 147 Å². The molecule has 0 aliphatic heterocycles. The zero-order valence-corrected chi connectivity index (χ0v) is 15.5. The number of benzene rings is 1. The van der Waals surface area contributed by atoms with Crippen LogP contribution in [0.2, 0.25) is 0 Å². The second-order valence-corrected chi connectivity index (χ2v) is 6.30. The van der Waals surface area contributed by atoms with E-state index in [1.165, 1.54) is 5.56 Å². The smallest absolute Gasteiger partial charge is 0.191 e. The number of aliphatic imine (C=N–C) groups is 1. The molecule has 1 heterocycles. The van der Waals surface area contributed by atoms with Gasteiger partial charge in [0.1, 0.15) is 5.75 Å². The molecule has 0 saturated heterocycles. The van der Waals surface area contributed by atoms with E-state index in [4.69, 9.17) is 4.74 Å². The van der Waals surface area contributed by atoms with Crippen LogP contribution in [0.4, 0.5) is 5.13 Å². The van der Waals surface area contributed by atoms with E-state index < -0.39 is 0 Å². The van der Waals surface area contributed by atoms with Gasteiger partial charge in [0.25, 0.3) is 0 Å². The van der Waals surface area contributed by atoms with Crippen LogP contribution in [0, 0.1) is 0 Å². The summed E-state index contributed by atoms with van der Waals surface area (Å²) in [4.78, 5) is 10.8. The number of methoxy groups -OCH3 is 1. The number of ether oxygens (including phenoxy) is 1. The molecule has 0 saturated carbocycles. The van der Waals surface area contributed by atoms with Crippen molar-refractivity contribution in [2.24, 2.45) is 4.99 Å². The van der Waals surface area contributed by atoms with Gasteiger partial charge >= 0.3 is 0 Å². The van der Waals surface area contributed by atoms with E-state index in [0.717, 1.165) is 35.5 Å². The van der Waals surface area contributed by atoms with Crippen molar-refractivity contribution in [3.05, 3.63) is 40.9 Å². The first-order chi connectivity index (χ1) is 11.6. The Hall–Kier alpha value is -2.28. The van der Waals surface area contributed by atoms with Gasteiger partial charge in [0.05, 0.1) is 19.3 Å². The lowest BCUT2D eigenvalue weighted by molar-refractivity contribution is 0.414. The predicted octanol–water partition coefficient (Wildman–Crippen LogP) is 2.13. The highest BCUT2D eigenvalue weighted by atomic mass is 32.1. The van der Waals surface area contributed by atoms with Gasteiger partial charge in [-0.05, 0) is 24.1 Å². The van der Waals surface area contributed by atoms with Crippen molar-refractivity contribution in [3.8, 4) is 5.75 Å². The second-order valence-electron chi connectivity index (χ2n) is 5.47. The van der Waals surface area contributed by atoms with Gasteiger partial charge in [-0.2, -0.15) is 0 Å². The normalized spacial score (nSPS) is 11.2. The van der Waals surface area contributed by atoms with Crippen molar-refractivity contribution in [1.82, 2.24) is 15.6 Å². The van der Waals surface area contributed by atoms with Crippen molar-refractivity contribution in [3.63, 3.8) is 0 Å². The number of nitrogens with zero attached hydrogens (tertiary/aromatic N) is 3. The summed E-state index contributed by atoms with van der Waals surface area (Å²) >= 11 is 1.64. The average molecular weight is 347 g/mol. The third kappa shape index (κ3) is 5.42. The highest BCUT2D eigenvalue weighted by Crippen LogP contribution is 2.17. The van der Waals surface area contributed by atoms with Crippen LogP contribution in [0.3, 0.4) is 0 Å². The molecule has 2 rings (SSSR count). The number of guanidine groups is 1. The lowest BCUT2D eigenvalue weighted by Gasteiger charge is -2.11. The molecule has 0 amide bonds. The number of aromatic nitrogens is 1. The van der Waals surface area contributed by atoms with E-state index in [0.29, 0.717) is 6.54 Å². The van der Waals surface area contributed by atoms with Gasteiger partial charge in [0, 0.05) is 33.1 Å². The van der Waals surface area contributed by atoms with E-state index in [-0.39, 0.29) is 0 Å². The standard InChI is InChI=1S/C17H25N5OS/c1-18-16(20-11-14-12-24-17(21-14)22(2)3)19-10-9-13-5-7-15(23-4)8-6-13/h5-8,12H,9-11H2,1-4H3,(H2,18,19,20). The van der Waals surface area contributed by atoms with Crippen molar-refractivity contribution >= 4 is 22.4 Å². The van der Waals surface area contributed by atoms with E-state index in [1.54, 1.807) is 25.5 Å². The van der Waals surface area contributed by atoms with Crippen LogP contribution in [0.5, 0.6) is 5.75 Å². The third-order valence-corrected chi connectivity index (χ3v) is 4.51. The van der Waals surface area contributed by atoms with Gasteiger partial charge in [-0.25, -0.2) is 4.98 Å². The first-order valence-corrected chi connectivity index (χ1v) is 8.69. The van der Waals surface area contributed by atoms with Gasteiger partial charge in [0.2, 0.25) is 0 Å². The van der Waals surface area contributed by atoms with Crippen molar-refractivity contribution in [2.45, 2.75) is 13.0 Å². The maximum Gasteiger partial charge on any atom is 0.191 e. The molecule has 1 aromatic heterocycles. The quantitative estimate of drug-likeness (QED) is 0.593. The molecule has 1 aromatic carbocycles. The van der Waals surface area contributed by atoms with E-state index in [9.17, 15) is 0 Å². The summed E-state index contributed by atoms with van der Waals surface area (Å²) in [5.41, 5.74) is 2.27. The fourth-order valence-corrected chi connectivity index (χ4v) is 2.85. The fraction of sp³-hybridized carbons (Fsp3) is 0.412. The maximum absolute atomic E-state index is 5.17. The molecule has 0 unspecified atom stereocenters. The maximum atomic E-state index is 5.17. The van der Waals surface area contributed by atoms with Gasteiger partial charge < -0.3 is 20.3 Å². The van der Waals surface area contributed by atoms with Crippen molar-refractivity contribution in [2.75, 3.05) is 39.7 Å². The number of hydrogen-bond donors (Lipinski definition) is 2. The SMILES string of the molecule is CN=C(NCCc1ccc(OC)cc1)NCc1csc(N(C)C)n1. The molecular weight excluding hydrogens is 322 g/mol. The highest BCUT2D eigenvalue weighted by Gasteiger charge is 2.04. The second kappa shape index (κ2) is 9.12. The van der Waals surface area contributed by atoms with E-state index in [2.05, 4.69) is 38.1 Å². The largest absolute Gasteiger partial charge is 0.497 e. The van der Waals surface area contributed by atoms with Crippen LogP contribution in [0.25, 0.3) is 0 Å². The summed E-state index contributed by atoms with van der Waals surface area (Å²) in [6, 6.07) is 8.11. The van der Waals surface area contributed by atoms with E-state index in [1.807, 2.05) is 31.1 Å². The minimum absolute atomic E-state index is 0.659. The minimum Gasteiger partial charge on any atom is -0.497 e. The molecule has 0 bridgehead atoms. The summed E-state index contributed by atoms with van der Waals surface area (Å²) in [6.07, 6.45) is 0.923. The zero-order valence-electron chi connectivity index (χ0n) is 14.7. The molecule has 0 spiro atoms. The molecule has 0 aliphatic carbocycles.